The van der Waals surface area contributed by atoms with Gasteiger partial charge in [-0.15, -0.1) is 0 Å². The number of ether oxygens (including phenoxy) is 1. The summed E-state index contributed by atoms with van der Waals surface area (Å²) in [5, 5.41) is 5.27. The zero-order valence-corrected chi connectivity index (χ0v) is 12.7. The second-order valence-electron chi connectivity index (χ2n) is 5.59. The number of hydrogen-bond acceptors (Lipinski definition) is 3. The highest BCUT2D eigenvalue weighted by atomic mass is 35.5. The van der Waals surface area contributed by atoms with Crippen molar-refractivity contribution in [2.24, 2.45) is 0 Å². The minimum Gasteiger partial charge on any atom is -0.459 e. The van der Waals surface area contributed by atoms with Crippen LogP contribution in [0.1, 0.15) is 38.5 Å². The first-order chi connectivity index (χ1) is 9.62. The molecule has 1 N–H and O–H groups in total. The van der Waals surface area contributed by atoms with Gasteiger partial charge in [-0.05, 0) is 50.6 Å². The number of fused-ring (bicyclic) bond motifs is 1. The second kappa shape index (κ2) is 5.40. The van der Waals surface area contributed by atoms with E-state index in [0.717, 1.165) is 47.7 Å². The normalized spacial score (nSPS) is 24.4. The lowest BCUT2D eigenvalue weighted by molar-refractivity contribution is -0.0173. The van der Waals surface area contributed by atoms with Crippen LogP contribution in [0.15, 0.2) is 28.7 Å². The van der Waals surface area contributed by atoms with Gasteiger partial charge in [-0.25, -0.2) is 0 Å². The smallest absolute Gasteiger partial charge is 0.134 e. The van der Waals surface area contributed by atoms with E-state index < -0.39 is 0 Å². The SMILES string of the molecule is CCNC(c1cc2cc(Cl)ccc2o1)C1(C)CCCO1. The van der Waals surface area contributed by atoms with Gasteiger partial charge in [0.1, 0.15) is 11.3 Å². The van der Waals surface area contributed by atoms with E-state index in [9.17, 15) is 0 Å². The van der Waals surface area contributed by atoms with Gasteiger partial charge in [0.25, 0.3) is 0 Å². The van der Waals surface area contributed by atoms with Crippen LogP contribution in [0.2, 0.25) is 5.02 Å². The molecule has 2 unspecified atom stereocenters. The van der Waals surface area contributed by atoms with Crippen LogP contribution in [0.4, 0.5) is 0 Å². The Morgan fingerprint density at radius 3 is 2.95 bits per heavy atom. The van der Waals surface area contributed by atoms with Crippen molar-refractivity contribution in [2.75, 3.05) is 13.2 Å². The van der Waals surface area contributed by atoms with Crippen LogP contribution in [0.5, 0.6) is 0 Å². The molecule has 0 aliphatic carbocycles. The second-order valence-corrected chi connectivity index (χ2v) is 6.02. The molecule has 1 saturated heterocycles. The Morgan fingerprint density at radius 1 is 1.40 bits per heavy atom. The Balaban J connectivity index is 2.00. The van der Waals surface area contributed by atoms with Crippen molar-refractivity contribution in [3.8, 4) is 0 Å². The number of nitrogens with one attached hydrogen (secondary N) is 1. The molecule has 2 aromatic rings. The first-order valence-electron chi connectivity index (χ1n) is 7.19. The molecule has 1 aromatic carbocycles. The van der Waals surface area contributed by atoms with Crippen LogP contribution in [0, 0.1) is 0 Å². The van der Waals surface area contributed by atoms with Crippen LogP contribution in [-0.4, -0.2) is 18.8 Å². The molecule has 3 nitrogen and oxygen atoms in total. The monoisotopic (exact) mass is 293 g/mol. The molecule has 0 spiro atoms. The number of hydrogen-bond donors (Lipinski definition) is 1. The molecule has 108 valence electrons. The maximum absolute atomic E-state index is 6.04. The fraction of sp³-hybridized carbons (Fsp3) is 0.500. The number of rotatable bonds is 4. The van der Waals surface area contributed by atoms with Gasteiger partial charge in [0.15, 0.2) is 0 Å². The van der Waals surface area contributed by atoms with Crippen LogP contribution >= 0.6 is 11.6 Å². The summed E-state index contributed by atoms with van der Waals surface area (Å²) in [5.41, 5.74) is 0.669. The number of furan rings is 1. The summed E-state index contributed by atoms with van der Waals surface area (Å²) >= 11 is 6.04. The van der Waals surface area contributed by atoms with Crippen molar-refractivity contribution in [2.45, 2.75) is 38.3 Å². The number of halogens is 1. The average molecular weight is 294 g/mol. The molecule has 1 fully saturated rings. The summed E-state index contributed by atoms with van der Waals surface area (Å²) in [7, 11) is 0. The van der Waals surface area contributed by atoms with Gasteiger partial charge >= 0.3 is 0 Å². The maximum atomic E-state index is 6.04. The molecular formula is C16H20ClNO2. The van der Waals surface area contributed by atoms with E-state index in [0.29, 0.717) is 0 Å². The molecule has 0 amide bonds. The highest BCUT2D eigenvalue weighted by Crippen LogP contribution is 2.39. The van der Waals surface area contributed by atoms with E-state index in [4.69, 9.17) is 20.8 Å². The van der Waals surface area contributed by atoms with Gasteiger partial charge in [0, 0.05) is 17.0 Å². The van der Waals surface area contributed by atoms with Crippen molar-refractivity contribution in [3.63, 3.8) is 0 Å². The van der Waals surface area contributed by atoms with Crippen molar-refractivity contribution >= 4 is 22.6 Å². The van der Waals surface area contributed by atoms with Crippen molar-refractivity contribution in [1.29, 1.82) is 0 Å². The van der Waals surface area contributed by atoms with Crippen molar-refractivity contribution in [3.05, 3.63) is 35.0 Å². The van der Waals surface area contributed by atoms with Gasteiger partial charge in [0.2, 0.25) is 0 Å². The topological polar surface area (TPSA) is 34.4 Å². The molecule has 2 atom stereocenters. The first kappa shape index (κ1) is 13.9. The number of benzene rings is 1. The predicted octanol–water partition coefficient (Wildman–Crippen LogP) is 4.31. The third-order valence-electron chi connectivity index (χ3n) is 4.05. The van der Waals surface area contributed by atoms with Gasteiger partial charge in [-0.1, -0.05) is 18.5 Å². The Bertz CT molecular complexity index is 602. The zero-order chi connectivity index (χ0) is 14.2. The third kappa shape index (κ3) is 2.46. The lowest BCUT2D eigenvalue weighted by Crippen LogP contribution is -2.41. The van der Waals surface area contributed by atoms with E-state index in [2.05, 4.69) is 25.2 Å². The largest absolute Gasteiger partial charge is 0.459 e. The number of likely N-dealkylation sites (N-methyl/N-ethyl adjacent to an activating group) is 1. The Labute approximate surface area is 124 Å². The maximum Gasteiger partial charge on any atom is 0.134 e. The van der Waals surface area contributed by atoms with Crippen LogP contribution < -0.4 is 5.32 Å². The Morgan fingerprint density at radius 2 is 2.25 bits per heavy atom. The molecule has 0 radical (unpaired) electrons. The quantitative estimate of drug-likeness (QED) is 0.912. The Hall–Kier alpha value is -1.03. The fourth-order valence-electron chi connectivity index (χ4n) is 3.03. The summed E-state index contributed by atoms with van der Waals surface area (Å²) in [4.78, 5) is 0. The molecule has 4 heteroatoms. The van der Waals surface area contributed by atoms with Gasteiger partial charge < -0.3 is 14.5 Å². The Kier molecular flexibility index (Phi) is 3.76. The summed E-state index contributed by atoms with van der Waals surface area (Å²) in [6, 6.07) is 7.85. The van der Waals surface area contributed by atoms with Gasteiger partial charge in [0.05, 0.1) is 11.6 Å². The molecule has 0 bridgehead atoms. The summed E-state index contributed by atoms with van der Waals surface area (Å²) in [5.74, 6) is 0.925. The molecular weight excluding hydrogens is 274 g/mol. The standard InChI is InChI=1S/C16H20ClNO2/c1-3-18-15(16(2)7-4-8-19-16)14-10-11-9-12(17)5-6-13(11)20-14/h5-6,9-10,15,18H,3-4,7-8H2,1-2H3. The minimum absolute atomic E-state index is 0.0705. The molecule has 1 aromatic heterocycles. The van der Waals surface area contributed by atoms with Crippen LogP contribution in [-0.2, 0) is 4.74 Å². The van der Waals surface area contributed by atoms with E-state index in [1.165, 1.54) is 0 Å². The first-order valence-corrected chi connectivity index (χ1v) is 7.56. The lowest BCUT2D eigenvalue weighted by atomic mass is 9.91. The third-order valence-corrected chi connectivity index (χ3v) is 4.29. The van der Waals surface area contributed by atoms with Crippen molar-refractivity contribution in [1.82, 2.24) is 5.32 Å². The summed E-state index contributed by atoms with van der Waals surface area (Å²) < 4.78 is 12.0. The molecule has 2 heterocycles. The van der Waals surface area contributed by atoms with Crippen molar-refractivity contribution < 1.29 is 9.15 Å². The molecule has 0 saturated carbocycles. The fourth-order valence-corrected chi connectivity index (χ4v) is 3.21. The van der Waals surface area contributed by atoms with E-state index in [-0.39, 0.29) is 11.6 Å². The summed E-state index contributed by atoms with van der Waals surface area (Å²) in [6.07, 6.45) is 2.15. The average Bonchev–Trinajstić information content (AvgIpc) is 3.02. The highest BCUT2D eigenvalue weighted by molar-refractivity contribution is 6.31. The molecule has 3 rings (SSSR count). The molecule has 1 aliphatic heterocycles. The van der Waals surface area contributed by atoms with Gasteiger partial charge in [-0.2, -0.15) is 0 Å². The van der Waals surface area contributed by atoms with Gasteiger partial charge in [-0.3, -0.25) is 0 Å². The zero-order valence-electron chi connectivity index (χ0n) is 11.9. The van der Waals surface area contributed by atoms with E-state index in [1.807, 2.05) is 18.2 Å². The van der Waals surface area contributed by atoms with E-state index in [1.54, 1.807) is 0 Å². The highest BCUT2D eigenvalue weighted by Gasteiger charge is 2.40. The van der Waals surface area contributed by atoms with E-state index >= 15 is 0 Å². The van der Waals surface area contributed by atoms with Crippen LogP contribution in [0.25, 0.3) is 11.0 Å². The molecule has 1 aliphatic rings. The summed E-state index contributed by atoms with van der Waals surface area (Å²) in [6.45, 7) is 5.96. The molecule has 20 heavy (non-hydrogen) atoms. The van der Waals surface area contributed by atoms with Crippen LogP contribution in [0.3, 0.4) is 0 Å². The lowest BCUT2D eigenvalue weighted by Gasteiger charge is -2.32. The predicted molar refractivity (Wildman–Crippen MR) is 81.2 cm³/mol. The minimum atomic E-state index is -0.201.